The highest BCUT2D eigenvalue weighted by Crippen LogP contribution is 2.38. The Morgan fingerprint density at radius 1 is 1.15 bits per heavy atom. The van der Waals surface area contributed by atoms with Gasteiger partial charge < -0.3 is 19.2 Å². The number of carbonyl (C=O) groups is 1. The molecule has 1 aliphatic heterocycles. The molecule has 0 radical (unpaired) electrons. The van der Waals surface area contributed by atoms with Crippen molar-refractivity contribution >= 4 is 11.6 Å². The predicted octanol–water partition coefficient (Wildman–Crippen LogP) is 4.87. The number of ether oxygens (including phenoxy) is 2. The van der Waals surface area contributed by atoms with Crippen molar-refractivity contribution in [1.82, 2.24) is 14.7 Å². The summed E-state index contributed by atoms with van der Waals surface area (Å²) >= 11 is 0. The van der Waals surface area contributed by atoms with Gasteiger partial charge in [0.15, 0.2) is 6.61 Å². The van der Waals surface area contributed by atoms with Gasteiger partial charge in [0.25, 0.3) is 5.91 Å². The summed E-state index contributed by atoms with van der Waals surface area (Å²) in [6.07, 6.45) is -6.04. The molecule has 3 heterocycles. The molecule has 1 saturated heterocycles. The van der Waals surface area contributed by atoms with Crippen LogP contribution in [-0.2, 0) is 10.9 Å². The van der Waals surface area contributed by atoms with Crippen LogP contribution < -0.4 is 10.1 Å². The Bertz CT molecular complexity index is 1180. The lowest BCUT2D eigenvalue weighted by Crippen LogP contribution is -2.40. The maximum Gasteiger partial charge on any atom is 0.422 e. The molecule has 6 nitrogen and oxygen atoms in total. The second-order valence-corrected chi connectivity index (χ2v) is 7.78. The zero-order valence-electron chi connectivity index (χ0n) is 17.5. The zero-order valence-corrected chi connectivity index (χ0v) is 17.5. The van der Waals surface area contributed by atoms with E-state index in [2.05, 4.69) is 10.3 Å². The number of fused-ring (bicyclic) bond motifs is 1. The summed E-state index contributed by atoms with van der Waals surface area (Å²) in [7, 11) is 0. The maximum atomic E-state index is 13.6. The van der Waals surface area contributed by atoms with Gasteiger partial charge in [-0.15, -0.1) is 0 Å². The molecule has 1 fully saturated rings. The van der Waals surface area contributed by atoms with Crippen molar-refractivity contribution < 1.29 is 40.6 Å². The first-order valence-corrected chi connectivity index (χ1v) is 10.3. The number of aromatic nitrogens is 2. The summed E-state index contributed by atoms with van der Waals surface area (Å²) in [4.78, 5) is 16.9. The smallest absolute Gasteiger partial charge is 0.422 e. The third kappa shape index (κ3) is 5.44. The minimum atomic E-state index is -4.75. The van der Waals surface area contributed by atoms with E-state index in [1.165, 1.54) is 24.3 Å². The minimum Gasteiger partial charge on any atom is -0.483 e. The molecule has 1 amide bonds. The number of nitrogens with zero attached hydrogens (tertiary/aromatic N) is 2. The van der Waals surface area contributed by atoms with Gasteiger partial charge in [0.2, 0.25) is 0 Å². The summed E-state index contributed by atoms with van der Waals surface area (Å²) in [5.74, 6) is -0.866. The van der Waals surface area contributed by atoms with Crippen LogP contribution in [0.25, 0.3) is 16.8 Å². The Kier molecular flexibility index (Phi) is 6.43. The SMILES string of the molecule is O=C(N[C@H]1CCCOC1)c1cn2cc(C(F)(F)F)cc(-c3ccccc3OCC(F)(F)F)c2n1. The Hall–Kier alpha value is -3.28. The first kappa shape index (κ1) is 23.9. The average molecular weight is 487 g/mol. The number of amides is 1. The van der Waals surface area contributed by atoms with Crippen molar-refractivity contribution in [3.63, 3.8) is 0 Å². The predicted molar refractivity (Wildman–Crippen MR) is 108 cm³/mol. The number of halogens is 6. The largest absolute Gasteiger partial charge is 0.483 e. The van der Waals surface area contributed by atoms with Crippen molar-refractivity contribution in [2.24, 2.45) is 0 Å². The Balaban J connectivity index is 1.77. The Labute approximate surface area is 189 Å². The highest BCUT2D eigenvalue weighted by molar-refractivity contribution is 5.94. The molecule has 182 valence electrons. The van der Waals surface area contributed by atoms with Crippen LogP contribution in [0, 0.1) is 0 Å². The van der Waals surface area contributed by atoms with Gasteiger partial charge in [0.1, 0.15) is 17.1 Å². The number of alkyl halides is 6. The van der Waals surface area contributed by atoms with E-state index < -0.39 is 30.4 Å². The van der Waals surface area contributed by atoms with E-state index >= 15 is 0 Å². The minimum absolute atomic E-state index is 0.0268. The fraction of sp³-hybridized carbons (Fsp3) is 0.364. The molecule has 3 aromatic rings. The monoisotopic (exact) mass is 487 g/mol. The van der Waals surface area contributed by atoms with Gasteiger partial charge in [0, 0.05) is 30.1 Å². The van der Waals surface area contributed by atoms with Crippen LogP contribution in [0.1, 0.15) is 28.9 Å². The molecule has 1 atom stereocenters. The normalized spacial score (nSPS) is 17.1. The molecule has 0 spiro atoms. The summed E-state index contributed by atoms with van der Waals surface area (Å²) < 4.78 is 90.0. The van der Waals surface area contributed by atoms with E-state index in [0.717, 1.165) is 29.3 Å². The van der Waals surface area contributed by atoms with E-state index in [4.69, 9.17) is 9.47 Å². The van der Waals surface area contributed by atoms with Gasteiger partial charge in [-0.1, -0.05) is 18.2 Å². The van der Waals surface area contributed by atoms with Crippen LogP contribution in [0.5, 0.6) is 5.75 Å². The Morgan fingerprint density at radius 3 is 2.59 bits per heavy atom. The molecule has 2 aromatic heterocycles. The van der Waals surface area contributed by atoms with Crippen molar-refractivity contribution in [3.8, 4) is 16.9 Å². The fourth-order valence-corrected chi connectivity index (χ4v) is 3.65. The van der Waals surface area contributed by atoms with Crippen molar-refractivity contribution in [3.05, 3.63) is 54.0 Å². The van der Waals surface area contributed by atoms with E-state index in [0.29, 0.717) is 19.6 Å². The number of nitrogens with one attached hydrogen (secondary N) is 1. The lowest BCUT2D eigenvalue weighted by atomic mass is 10.0. The van der Waals surface area contributed by atoms with Gasteiger partial charge >= 0.3 is 12.4 Å². The van der Waals surface area contributed by atoms with Crippen LogP contribution in [-0.4, -0.2) is 47.3 Å². The lowest BCUT2D eigenvalue weighted by Gasteiger charge is -2.22. The fourth-order valence-electron chi connectivity index (χ4n) is 3.65. The standard InChI is InChI=1S/C22H19F6N3O3/c23-21(24,25)12-34-18-6-2-1-5-15(18)16-8-13(22(26,27)28)9-31-10-17(30-19(16)31)20(32)29-14-4-3-7-33-11-14/h1-2,5-6,8-10,14H,3-4,7,11-12H2,(H,29,32)/t14-/m0/s1. The summed E-state index contributed by atoms with van der Waals surface area (Å²) in [6, 6.07) is 5.91. The van der Waals surface area contributed by atoms with Gasteiger partial charge in [-0.2, -0.15) is 26.3 Å². The second kappa shape index (κ2) is 9.16. The summed E-state index contributed by atoms with van der Waals surface area (Å²) in [5.41, 5.74) is -1.40. The van der Waals surface area contributed by atoms with E-state index in [1.54, 1.807) is 0 Å². The molecule has 1 aliphatic rings. The van der Waals surface area contributed by atoms with Crippen molar-refractivity contribution in [2.75, 3.05) is 19.8 Å². The number of pyridine rings is 1. The van der Waals surface area contributed by atoms with Gasteiger partial charge in [-0.25, -0.2) is 4.98 Å². The van der Waals surface area contributed by atoms with E-state index in [1.807, 2.05) is 0 Å². The quantitative estimate of drug-likeness (QED) is 0.522. The lowest BCUT2D eigenvalue weighted by molar-refractivity contribution is -0.153. The second-order valence-electron chi connectivity index (χ2n) is 7.78. The highest BCUT2D eigenvalue weighted by atomic mass is 19.4. The van der Waals surface area contributed by atoms with E-state index in [9.17, 15) is 31.1 Å². The maximum absolute atomic E-state index is 13.6. The van der Waals surface area contributed by atoms with Gasteiger partial charge in [-0.05, 0) is 25.0 Å². The number of benzene rings is 1. The summed E-state index contributed by atoms with van der Waals surface area (Å²) in [6.45, 7) is -0.725. The van der Waals surface area contributed by atoms with Crippen LogP contribution in [0.3, 0.4) is 0 Å². The third-order valence-electron chi connectivity index (χ3n) is 5.18. The van der Waals surface area contributed by atoms with Crippen molar-refractivity contribution in [1.29, 1.82) is 0 Å². The Morgan fingerprint density at radius 2 is 1.91 bits per heavy atom. The molecule has 1 N–H and O–H groups in total. The molecule has 0 aliphatic carbocycles. The van der Waals surface area contributed by atoms with E-state index in [-0.39, 0.29) is 34.3 Å². The first-order valence-electron chi connectivity index (χ1n) is 10.3. The molecule has 34 heavy (non-hydrogen) atoms. The van der Waals surface area contributed by atoms with Crippen LogP contribution in [0.4, 0.5) is 26.3 Å². The van der Waals surface area contributed by atoms with Crippen LogP contribution >= 0.6 is 0 Å². The zero-order chi connectivity index (χ0) is 24.5. The average Bonchev–Trinajstić information content (AvgIpc) is 3.21. The number of hydrogen-bond acceptors (Lipinski definition) is 4. The van der Waals surface area contributed by atoms with Crippen molar-refractivity contribution in [2.45, 2.75) is 31.2 Å². The molecule has 0 bridgehead atoms. The number of imidazole rings is 1. The van der Waals surface area contributed by atoms with Gasteiger partial charge in [-0.3, -0.25) is 4.79 Å². The molecule has 0 unspecified atom stereocenters. The molecule has 1 aromatic carbocycles. The molecule has 0 saturated carbocycles. The van der Waals surface area contributed by atoms with Crippen LogP contribution in [0.2, 0.25) is 0 Å². The molecular weight excluding hydrogens is 468 g/mol. The molecule has 12 heteroatoms. The topological polar surface area (TPSA) is 64.9 Å². The molecule has 4 rings (SSSR count). The number of carbonyl (C=O) groups excluding carboxylic acids is 1. The number of hydrogen-bond donors (Lipinski definition) is 1. The number of rotatable bonds is 5. The third-order valence-corrected chi connectivity index (χ3v) is 5.18. The number of para-hydroxylation sites is 1. The summed E-state index contributed by atoms with van der Waals surface area (Å²) in [5, 5.41) is 2.74. The molecular formula is C22H19F6N3O3. The highest BCUT2D eigenvalue weighted by Gasteiger charge is 2.33. The van der Waals surface area contributed by atoms with Crippen LogP contribution in [0.15, 0.2) is 42.7 Å². The first-order chi connectivity index (χ1) is 16.0. The van der Waals surface area contributed by atoms with Gasteiger partial charge in [0.05, 0.1) is 18.2 Å².